The highest BCUT2D eigenvalue weighted by Gasteiger charge is 2.48. The van der Waals surface area contributed by atoms with E-state index in [0.29, 0.717) is 42.3 Å². The third kappa shape index (κ3) is 5.04. The van der Waals surface area contributed by atoms with Crippen LogP contribution in [-0.4, -0.2) is 72.4 Å². The van der Waals surface area contributed by atoms with Crippen molar-refractivity contribution in [3.05, 3.63) is 65.2 Å². The lowest BCUT2D eigenvalue weighted by molar-refractivity contribution is -0.00568. The van der Waals surface area contributed by atoms with E-state index in [-0.39, 0.29) is 28.7 Å². The van der Waals surface area contributed by atoms with Crippen LogP contribution in [0.1, 0.15) is 60.0 Å². The molecule has 1 aromatic heterocycles. The topological polar surface area (TPSA) is 105 Å². The minimum atomic E-state index is -4.07. The van der Waals surface area contributed by atoms with Crippen LogP contribution in [0.4, 0.5) is 5.95 Å². The SMILES string of the molecule is Cc1cccc(C)c1-c1cc2nc(n1)NS(=O)(=O)c1cccc(c1)C(=O)N1CCN(C3CC4(CCCC4)C3)C[C@H](C1)O2. The molecule has 7 rings (SSSR count). The molecule has 2 aliphatic heterocycles. The van der Waals surface area contributed by atoms with Gasteiger partial charge < -0.3 is 9.64 Å². The van der Waals surface area contributed by atoms with Crippen molar-refractivity contribution in [2.45, 2.75) is 69.4 Å². The fraction of sp³-hybridized carbons (Fsp3) is 0.469. The summed E-state index contributed by atoms with van der Waals surface area (Å²) < 4.78 is 36.0. The molecule has 1 spiro atoms. The average Bonchev–Trinajstić information content (AvgIpc) is 3.34. The molecule has 3 heterocycles. The Morgan fingerprint density at radius 3 is 2.45 bits per heavy atom. The number of benzene rings is 2. The number of carbonyl (C=O) groups is 1. The fourth-order valence-electron chi connectivity index (χ4n) is 7.53. The third-order valence-electron chi connectivity index (χ3n) is 9.67. The van der Waals surface area contributed by atoms with Crippen molar-refractivity contribution in [3.63, 3.8) is 0 Å². The zero-order chi connectivity index (χ0) is 29.1. The van der Waals surface area contributed by atoms with Gasteiger partial charge in [0.05, 0.1) is 17.1 Å². The first-order chi connectivity index (χ1) is 20.2. The van der Waals surface area contributed by atoms with Crippen LogP contribution < -0.4 is 9.46 Å². The van der Waals surface area contributed by atoms with Crippen molar-refractivity contribution in [3.8, 4) is 17.1 Å². The molecular weight excluding hydrogens is 550 g/mol. The molecule has 3 fully saturated rings. The molecule has 0 unspecified atom stereocenters. The Hall–Kier alpha value is -3.50. The van der Waals surface area contributed by atoms with Gasteiger partial charge >= 0.3 is 0 Å². The highest BCUT2D eigenvalue weighted by Crippen LogP contribution is 2.54. The standard InChI is InChI=1S/C32H37N5O4S/c1-21-7-5-8-22(2)29(21)27-16-28-34-31(33-27)35-42(39,40)26-10-6-9-23(15-26)30(38)37-14-13-36(19-25(20-37)41-28)24-17-32(18-24)11-3-4-12-32/h5-10,15-16,24-25H,3-4,11-14,17-20H2,1-2H3,(H,33,34,35)/t25-/m1/s1. The van der Waals surface area contributed by atoms with Gasteiger partial charge in [-0.3, -0.25) is 9.69 Å². The summed E-state index contributed by atoms with van der Waals surface area (Å²) in [6.07, 6.45) is 7.42. The molecule has 42 heavy (non-hydrogen) atoms. The van der Waals surface area contributed by atoms with Gasteiger partial charge in [0.25, 0.3) is 15.9 Å². The number of rotatable bonds is 2. The number of fused-ring (bicyclic) bond motifs is 6. The van der Waals surface area contributed by atoms with E-state index in [9.17, 15) is 13.2 Å². The smallest absolute Gasteiger partial charge is 0.264 e. The summed E-state index contributed by atoms with van der Waals surface area (Å²) in [6.45, 7) is 6.38. The Kier molecular flexibility index (Phi) is 6.73. The third-order valence-corrected chi connectivity index (χ3v) is 11.0. The van der Waals surface area contributed by atoms with Gasteiger partial charge in [-0.05, 0) is 74.3 Å². The Bertz CT molecular complexity index is 1620. The molecule has 9 nitrogen and oxygen atoms in total. The first-order valence-corrected chi connectivity index (χ1v) is 16.4. The minimum absolute atomic E-state index is 0.0135. The summed E-state index contributed by atoms with van der Waals surface area (Å²) in [5, 5.41) is 0. The molecule has 0 radical (unpaired) electrons. The van der Waals surface area contributed by atoms with Crippen LogP contribution in [0.15, 0.2) is 53.4 Å². The number of carbonyl (C=O) groups excluding carboxylic acids is 1. The zero-order valence-electron chi connectivity index (χ0n) is 24.2. The number of hydrogen-bond acceptors (Lipinski definition) is 7. The number of aryl methyl sites for hydroxylation is 2. The van der Waals surface area contributed by atoms with E-state index >= 15 is 0 Å². The monoisotopic (exact) mass is 587 g/mol. The maximum atomic E-state index is 13.8. The van der Waals surface area contributed by atoms with E-state index in [1.54, 1.807) is 23.1 Å². The molecule has 3 aromatic rings. The predicted molar refractivity (Wildman–Crippen MR) is 160 cm³/mol. The van der Waals surface area contributed by atoms with Crippen molar-refractivity contribution >= 4 is 21.9 Å². The molecule has 1 N–H and O–H groups in total. The average molecular weight is 588 g/mol. The predicted octanol–water partition coefficient (Wildman–Crippen LogP) is 4.80. The first-order valence-electron chi connectivity index (χ1n) is 15.0. The van der Waals surface area contributed by atoms with Gasteiger partial charge in [0.1, 0.15) is 6.10 Å². The molecule has 6 bridgehead atoms. The summed E-state index contributed by atoms with van der Waals surface area (Å²) in [4.78, 5) is 27.2. The lowest BCUT2D eigenvalue weighted by Gasteiger charge is -2.50. The van der Waals surface area contributed by atoms with Crippen molar-refractivity contribution in [2.75, 3.05) is 30.9 Å². The zero-order valence-corrected chi connectivity index (χ0v) is 25.0. The van der Waals surface area contributed by atoms with Crippen LogP contribution in [-0.2, 0) is 10.0 Å². The minimum Gasteiger partial charge on any atom is -0.471 e. The van der Waals surface area contributed by atoms with E-state index in [4.69, 9.17) is 4.74 Å². The van der Waals surface area contributed by atoms with Crippen molar-refractivity contribution in [2.24, 2.45) is 5.41 Å². The molecule has 2 aromatic carbocycles. The molecule has 4 aliphatic rings. The second-order valence-electron chi connectivity index (χ2n) is 12.6. The highest BCUT2D eigenvalue weighted by molar-refractivity contribution is 7.92. The van der Waals surface area contributed by atoms with Gasteiger partial charge in [-0.25, -0.2) is 18.1 Å². The molecule has 1 saturated heterocycles. The molecule has 10 heteroatoms. The summed E-state index contributed by atoms with van der Waals surface area (Å²) in [5.41, 5.74) is 4.37. The number of anilines is 1. The maximum absolute atomic E-state index is 13.8. The van der Waals surface area contributed by atoms with Gasteiger partial charge in [-0.2, -0.15) is 4.98 Å². The second kappa shape index (κ2) is 10.3. The molecule has 1 amide bonds. The van der Waals surface area contributed by atoms with E-state index in [0.717, 1.165) is 23.2 Å². The number of sulfonamides is 1. The lowest BCUT2D eigenvalue weighted by Crippen LogP contribution is -2.52. The Labute approximate surface area is 247 Å². The number of amides is 1. The van der Waals surface area contributed by atoms with E-state index in [2.05, 4.69) is 19.6 Å². The van der Waals surface area contributed by atoms with Crippen LogP contribution in [0.2, 0.25) is 0 Å². The van der Waals surface area contributed by atoms with Crippen LogP contribution in [0, 0.1) is 19.3 Å². The summed E-state index contributed by atoms with van der Waals surface area (Å²) in [5.74, 6) is 0.0219. The summed E-state index contributed by atoms with van der Waals surface area (Å²) in [7, 11) is -4.07. The molecule has 2 aliphatic carbocycles. The number of nitrogens with zero attached hydrogens (tertiary/aromatic N) is 4. The normalized spacial score (nSPS) is 23.5. The van der Waals surface area contributed by atoms with Gasteiger partial charge in [0.2, 0.25) is 11.8 Å². The quantitative estimate of drug-likeness (QED) is 0.459. The Morgan fingerprint density at radius 2 is 1.69 bits per heavy atom. The lowest BCUT2D eigenvalue weighted by atomic mass is 9.64. The van der Waals surface area contributed by atoms with E-state index in [1.807, 2.05) is 32.0 Å². The fourth-order valence-corrected chi connectivity index (χ4v) is 8.51. The molecular formula is C32H37N5O4S. The van der Waals surface area contributed by atoms with Crippen LogP contribution >= 0.6 is 0 Å². The van der Waals surface area contributed by atoms with Crippen molar-refractivity contribution in [1.82, 2.24) is 19.8 Å². The largest absolute Gasteiger partial charge is 0.471 e. The Morgan fingerprint density at radius 1 is 0.952 bits per heavy atom. The number of ether oxygens (including phenoxy) is 1. The van der Waals surface area contributed by atoms with Crippen LogP contribution in [0.3, 0.4) is 0 Å². The van der Waals surface area contributed by atoms with Gasteiger partial charge in [0.15, 0.2) is 0 Å². The number of aromatic nitrogens is 2. The Balaban J connectivity index is 1.30. The van der Waals surface area contributed by atoms with Gasteiger partial charge in [-0.15, -0.1) is 0 Å². The maximum Gasteiger partial charge on any atom is 0.264 e. The number of hydrogen-bond donors (Lipinski definition) is 1. The summed E-state index contributed by atoms with van der Waals surface area (Å²) >= 11 is 0. The van der Waals surface area contributed by atoms with Gasteiger partial charge in [-0.1, -0.05) is 37.1 Å². The number of nitrogens with one attached hydrogen (secondary N) is 1. The van der Waals surface area contributed by atoms with E-state index in [1.165, 1.54) is 50.7 Å². The molecule has 1 atom stereocenters. The first kappa shape index (κ1) is 27.3. The highest BCUT2D eigenvalue weighted by atomic mass is 32.2. The van der Waals surface area contributed by atoms with Gasteiger partial charge in [0, 0.05) is 42.9 Å². The molecule has 2 saturated carbocycles. The van der Waals surface area contributed by atoms with Crippen molar-refractivity contribution in [1.29, 1.82) is 0 Å². The molecule has 220 valence electrons. The van der Waals surface area contributed by atoms with Crippen LogP contribution in [0.25, 0.3) is 11.3 Å². The summed E-state index contributed by atoms with van der Waals surface area (Å²) in [6, 6.07) is 14.5. The van der Waals surface area contributed by atoms with Crippen LogP contribution in [0.5, 0.6) is 5.88 Å². The second-order valence-corrected chi connectivity index (χ2v) is 14.3. The van der Waals surface area contributed by atoms with E-state index < -0.39 is 10.0 Å². The van der Waals surface area contributed by atoms with Crippen molar-refractivity contribution < 1.29 is 17.9 Å².